The predicted octanol–water partition coefficient (Wildman–Crippen LogP) is 0.455. The molecule has 2 rings (SSSR count). The number of hydrogen-bond donors (Lipinski definition) is 1. The van der Waals surface area contributed by atoms with Gasteiger partial charge in [0.05, 0.1) is 31.4 Å². The van der Waals surface area contributed by atoms with Gasteiger partial charge in [0.15, 0.2) is 0 Å². The first-order chi connectivity index (χ1) is 7.61. The molecule has 1 aliphatic carbocycles. The molecule has 6 nitrogen and oxygen atoms in total. The summed E-state index contributed by atoms with van der Waals surface area (Å²) in [4.78, 5) is 11.2. The highest BCUT2D eigenvalue weighted by Crippen LogP contribution is 2.37. The summed E-state index contributed by atoms with van der Waals surface area (Å²) in [6, 6.07) is 0.198. The molecule has 16 heavy (non-hydrogen) atoms. The van der Waals surface area contributed by atoms with E-state index in [4.69, 9.17) is 0 Å². The second kappa shape index (κ2) is 4.21. The molecule has 0 spiro atoms. The van der Waals surface area contributed by atoms with Crippen molar-refractivity contribution < 1.29 is 14.6 Å². The van der Waals surface area contributed by atoms with Crippen LogP contribution in [0.5, 0.6) is 0 Å². The number of carbonyl (C=O) groups is 1. The fourth-order valence-corrected chi connectivity index (χ4v) is 1.82. The van der Waals surface area contributed by atoms with Gasteiger partial charge in [-0.3, -0.25) is 4.79 Å². The molecule has 0 aromatic carbocycles. The van der Waals surface area contributed by atoms with Gasteiger partial charge >= 0.3 is 5.97 Å². The zero-order chi connectivity index (χ0) is 11.7. The lowest BCUT2D eigenvalue weighted by molar-refractivity contribution is -0.149. The topological polar surface area (TPSA) is 77.2 Å². The van der Waals surface area contributed by atoms with Crippen LogP contribution in [-0.4, -0.2) is 33.2 Å². The van der Waals surface area contributed by atoms with E-state index in [2.05, 4.69) is 15.0 Å². The first-order valence-electron chi connectivity index (χ1n) is 5.29. The Morgan fingerprint density at radius 2 is 2.38 bits per heavy atom. The molecular weight excluding hydrogens is 210 g/mol. The maximum Gasteiger partial charge on any atom is 0.308 e. The van der Waals surface area contributed by atoms with E-state index in [1.807, 2.05) is 0 Å². The molecule has 1 aliphatic rings. The summed E-state index contributed by atoms with van der Waals surface area (Å²) in [7, 11) is 1.40. The van der Waals surface area contributed by atoms with E-state index in [0.29, 0.717) is 5.69 Å². The molecule has 1 aromatic heterocycles. The molecular formula is C10H15N3O3. The minimum absolute atomic E-state index is 0.0193. The minimum Gasteiger partial charge on any atom is -0.469 e. The number of methoxy groups -OCH3 is 1. The van der Waals surface area contributed by atoms with Crippen LogP contribution in [0.2, 0.25) is 0 Å². The number of esters is 1. The van der Waals surface area contributed by atoms with Crippen molar-refractivity contribution in [1.29, 1.82) is 0 Å². The highest BCUT2D eigenvalue weighted by Gasteiger charge is 2.37. The molecule has 1 heterocycles. The Morgan fingerprint density at radius 1 is 1.69 bits per heavy atom. The van der Waals surface area contributed by atoms with Crippen LogP contribution < -0.4 is 0 Å². The summed E-state index contributed by atoms with van der Waals surface area (Å²) in [5.74, 6) is -0.179. The Morgan fingerprint density at radius 3 is 2.88 bits per heavy atom. The molecule has 1 aromatic rings. The highest BCUT2D eigenvalue weighted by atomic mass is 16.5. The lowest BCUT2D eigenvalue weighted by atomic mass is 9.80. The number of rotatable bonds is 3. The number of hydrogen-bond acceptors (Lipinski definition) is 5. The number of nitrogens with zero attached hydrogens (tertiary/aromatic N) is 3. The largest absolute Gasteiger partial charge is 0.469 e. The fourth-order valence-electron chi connectivity index (χ4n) is 1.82. The minimum atomic E-state index is -0.606. The summed E-state index contributed by atoms with van der Waals surface area (Å²) < 4.78 is 6.37. The van der Waals surface area contributed by atoms with Gasteiger partial charge in [0, 0.05) is 0 Å². The summed E-state index contributed by atoms with van der Waals surface area (Å²) >= 11 is 0. The van der Waals surface area contributed by atoms with Gasteiger partial charge < -0.3 is 9.84 Å². The zero-order valence-electron chi connectivity index (χ0n) is 9.33. The average Bonchev–Trinajstić information content (AvgIpc) is 2.64. The molecule has 0 aliphatic heterocycles. The number of carbonyl (C=O) groups excluding carboxylic acids is 1. The van der Waals surface area contributed by atoms with Gasteiger partial charge in [0.1, 0.15) is 5.69 Å². The fraction of sp³-hybridized carbons (Fsp3) is 0.700. The van der Waals surface area contributed by atoms with Gasteiger partial charge in [0.2, 0.25) is 0 Å². The smallest absolute Gasteiger partial charge is 0.308 e. The van der Waals surface area contributed by atoms with Gasteiger partial charge in [-0.2, -0.15) is 0 Å². The third-order valence-corrected chi connectivity index (χ3v) is 2.98. The van der Waals surface area contributed by atoms with Gasteiger partial charge in [-0.25, -0.2) is 4.68 Å². The quantitative estimate of drug-likeness (QED) is 0.756. The van der Waals surface area contributed by atoms with E-state index in [1.165, 1.54) is 7.11 Å². The molecule has 0 bridgehead atoms. The van der Waals surface area contributed by atoms with Crippen LogP contribution in [0.25, 0.3) is 0 Å². The third-order valence-electron chi connectivity index (χ3n) is 2.98. The van der Waals surface area contributed by atoms with Gasteiger partial charge in [0.25, 0.3) is 0 Å². The van der Waals surface area contributed by atoms with Crippen molar-refractivity contribution >= 4 is 5.97 Å². The SMILES string of the molecule is COC(=O)C1CC(n2cc(C(C)O)nn2)C1. The lowest BCUT2D eigenvalue weighted by Crippen LogP contribution is -2.33. The van der Waals surface area contributed by atoms with E-state index in [0.717, 1.165) is 12.8 Å². The zero-order valence-corrected chi connectivity index (χ0v) is 9.33. The van der Waals surface area contributed by atoms with Crippen LogP contribution in [0.1, 0.15) is 37.6 Å². The Kier molecular flexibility index (Phi) is 2.91. The van der Waals surface area contributed by atoms with Crippen molar-refractivity contribution in [2.45, 2.75) is 31.9 Å². The molecule has 1 fully saturated rings. The van der Waals surface area contributed by atoms with Crippen LogP contribution in [0, 0.1) is 5.92 Å². The summed E-state index contributed by atoms with van der Waals surface area (Å²) in [6.07, 6.45) is 2.58. The van der Waals surface area contributed by atoms with Crippen LogP contribution in [0.4, 0.5) is 0 Å². The summed E-state index contributed by atoms with van der Waals surface area (Å²) in [5, 5.41) is 17.1. The Hall–Kier alpha value is -1.43. The van der Waals surface area contributed by atoms with Crippen molar-refractivity contribution in [3.63, 3.8) is 0 Å². The van der Waals surface area contributed by atoms with Gasteiger partial charge in [-0.05, 0) is 19.8 Å². The van der Waals surface area contributed by atoms with Crippen LogP contribution in [-0.2, 0) is 9.53 Å². The monoisotopic (exact) mass is 225 g/mol. The van der Waals surface area contributed by atoms with Crippen molar-refractivity contribution in [2.75, 3.05) is 7.11 Å². The van der Waals surface area contributed by atoms with E-state index in [1.54, 1.807) is 17.8 Å². The predicted molar refractivity (Wildman–Crippen MR) is 54.4 cm³/mol. The second-order valence-electron chi connectivity index (χ2n) is 4.14. The van der Waals surface area contributed by atoms with Crippen molar-refractivity contribution in [1.82, 2.24) is 15.0 Å². The van der Waals surface area contributed by atoms with Crippen LogP contribution in [0.3, 0.4) is 0 Å². The molecule has 88 valence electrons. The van der Waals surface area contributed by atoms with E-state index < -0.39 is 6.10 Å². The number of aromatic nitrogens is 3. The third kappa shape index (κ3) is 1.92. The van der Waals surface area contributed by atoms with Crippen molar-refractivity contribution in [3.8, 4) is 0 Å². The molecule has 1 unspecified atom stereocenters. The molecule has 1 N–H and O–H groups in total. The first kappa shape index (κ1) is 11.1. The summed E-state index contributed by atoms with van der Waals surface area (Å²) in [6.45, 7) is 1.65. The maximum atomic E-state index is 11.2. The molecule has 1 saturated carbocycles. The van der Waals surface area contributed by atoms with E-state index >= 15 is 0 Å². The molecule has 0 amide bonds. The number of ether oxygens (including phenoxy) is 1. The Labute approximate surface area is 93.2 Å². The number of aliphatic hydroxyl groups is 1. The van der Waals surface area contributed by atoms with E-state index in [-0.39, 0.29) is 17.9 Å². The molecule has 6 heteroatoms. The normalized spacial score (nSPS) is 25.9. The lowest BCUT2D eigenvalue weighted by Gasteiger charge is -2.32. The van der Waals surface area contributed by atoms with Crippen molar-refractivity contribution in [2.24, 2.45) is 5.92 Å². The maximum absolute atomic E-state index is 11.2. The van der Waals surface area contributed by atoms with Gasteiger partial charge in [-0.1, -0.05) is 5.21 Å². The van der Waals surface area contributed by atoms with Gasteiger partial charge in [-0.15, -0.1) is 5.10 Å². The van der Waals surface area contributed by atoms with E-state index in [9.17, 15) is 9.90 Å². The average molecular weight is 225 g/mol. The molecule has 0 saturated heterocycles. The van der Waals surface area contributed by atoms with Crippen LogP contribution >= 0.6 is 0 Å². The Bertz CT molecular complexity index is 382. The first-order valence-corrected chi connectivity index (χ1v) is 5.29. The Balaban J connectivity index is 1.93. The highest BCUT2D eigenvalue weighted by molar-refractivity contribution is 5.73. The standard InChI is InChI=1S/C10H15N3O3/c1-6(14)9-5-13(12-11-9)8-3-7(4-8)10(15)16-2/h5-8,14H,3-4H2,1-2H3. The second-order valence-corrected chi connectivity index (χ2v) is 4.14. The molecule has 0 radical (unpaired) electrons. The van der Waals surface area contributed by atoms with Crippen molar-refractivity contribution in [3.05, 3.63) is 11.9 Å². The summed E-state index contributed by atoms with van der Waals surface area (Å²) in [5.41, 5.74) is 0.557. The van der Waals surface area contributed by atoms with Crippen LogP contribution in [0.15, 0.2) is 6.20 Å². The number of aliphatic hydroxyl groups excluding tert-OH is 1. The molecule has 1 atom stereocenters.